The molecule has 0 fully saturated rings. The molecule has 0 unspecified atom stereocenters. The summed E-state index contributed by atoms with van der Waals surface area (Å²) in [7, 11) is 0. The van der Waals surface area contributed by atoms with Gasteiger partial charge in [0.15, 0.2) is 5.78 Å². The van der Waals surface area contributed by atoms with Gasteiger partial charge in [0.05, 0.1) is 0 Å². The van der Waals surface area contributed by atoms with Crippen molar-refractivity contribution in [2.24, 2.45) is 0 Å². The molecule has 0 spiro atoms. The highest BCUT2D eigenvalue weighted by atomic mass is 19.4. The lowest BCUT2D eigenvalue weighted by Crippen LogP contribution is -2.22. The van der Waals surface area contributed by atoms with Crippen molar-refractivity contribution in [3.8, 4) is 0 Å². The summed E-state index contributed by atoms with van der Waals surface area (Å²) in [6.45, 7) is 1.88. The summed E-state index contributed by atoms with van der Waals surface area (Å²) in [5.74, 6) is -2.22. The number of alkyl halides is 3. The van der Waals surface area contributed by atoms with E-state index in [0.717, 1.165) is 17.7 Å². The van der Waals surface area contributed by atoms with Crippen molar-refractivity contribution in [3.63, 3.8) is 0 Å². The Hall–Kier alpha value is -2.43. The molecule has 21 heavy (non-hydrogen) atoms. The number of aryl methyl sites for hydroxylation is 1. The molecule has 0 aliphatic heterocycles. The molecular weight excluding hydrogens is 281 g/mol. The fourth-order valence-electron chi connectivity index (χ4n) is 1.81. The molecule has 2 aromatic carbocycles. The van der Waals surface area contributed by atoms with Crippen molar-refractivity contribution in [3.05, 3.63) is 70.8 Å². The van der Waals surface area contributed by atoms with Crippen molar-refractivity contribution in [2.75, 3.05) is 0 Å². The second kappa shape index (κ2) is 5.52. The number of carbonyl (C=O) groups is 2. The summed E-state index contributed by atoms with van der Waals surface area (Å²) in [6, 6.07) is 11.3. The predicted octanol–water partition coefficient (Wildman–Crippen LogP) is 3.97. The number of hydrogen-bond acceptors (Lipinski definition) is 2. The largest absolute Gasteiger partial charge is 0.454 e. The van der Waals surface area contributed by atoms with E-state index in [1.807, 2.05) is 6.92 Å². The van der Waals surface area contributed by atoms with Crippen LogP contribution in [0.15, 0.2) is 48.5 Å². The smallest absolute Gasteiger partial charge is 0.289 e. The first-order valence-corrected chi connectivity index (χ1v) is 6.12. The van der Waals surface area contributed by atoms with Gasteiger partial charge in [-0.3, -0.25) is 9.59 Å². The molecule has 108 valence electrons. The standard InChI is InChI=1S/C16H11F3O2/c1-10-2-4-11(5-3-10)14(20)12-6-8-13(9-7-12)15(21)16(17,18)19/h2-9H,1H3. The lowest BCUT2D eigenvalue weighted by Gasteiger charge is -2.06. The van der Waals surface area contributed by atoms with Gasteiger partial charge >= 0.3 is 6.18 Å². The predicted molar refractivity (Wildman–Crippen MR) is 71.4 cm³/mol. The Morgan fingerprint density at radius 1 is 0.762 bits per heavy atom. The Morgan fingerprint density at radius 2 is 1.14 bits per heavy atom. The number of benzene rings is 2. The molecule has 2 nitrogen and oxygen atoms in total. The number of halogens is 3. The van der Waals surface area contributed by atoms with Crippen LogP contribution >= 0.6 is 0 Å². The van der Waals surface area contributed by atoms with Crippen LogP contribution in [0.5, 0.6) is 0 Å². The SMILES string of the molecule is Cc1ccc(C(=O)c2ccc(C(=O)C(F)(F)F)cc2)cc1. The molecule has 2 rings (SSSR count). The normalized spacial score (nSPS) is 11.2. The van der Waals surface area contributed by atoms with E-state index in [9.17, 15) is 22.8 Å². The number of Topliss-reactive ketones (excluding diaryl/α,β-unsaturated/α-hetero) is 1. The van der Waals surface area contributed by atoms with Gasteiger partial charge in [0, 0.05) is 16.7 Å². The van der Waals surface area contributed by atoms with E-state index in [-0.39, 0.29) is 11.3 Å². The lowest BCUT2D eigenvalue weighted by atomic mass is 10.00. The third-order valence-corrected chi connectivity index (χ3v) is 2.98. The molecule has 0 saturated carbocycles. The van der Waals surface area contributed by atoms with Crippen LogP contribution in [-0.2, 0) is 0 Å². The molecule has 0 aliphatic rings. The Balaban J connectivity index is 2.25. The van der Waals surface area contributed by atoms with E-state index >= 15 is 0 Å². The Kier molecular flexibility index (Phi) is 3.93. The van der Waals surface area contributed by atoms with Gasteiger partial charge in [0.25, 0.3) is 5.78 Å². The maximum atomic E-state index is 12.3. The van der Waals surface area contributed by atoms with Gasteiger partial charge in [-0.05, 0) is 6.92 Å². The van der Waals surface area contributed by atoms with E-state index in [2.05, 4.69) is 0 Å². The first-order chi connectivity index (χ1) is 9.79. The first kappa shape index (κ1) is 15.0. The molecule has 0 radical (unpaired) electrons. The minimum atomic E-state index is -4.91. The van der Waals surface area contributed by atoms with Crippen molar-refractivity contribution >= 4 is 11.6 Å². The fourth-order valence-corrected chi connectivity index (χ4v) is 1.81. The van der Waals surface area contributed by atoms with E-state index in [1.54, 1.807) is 24.3 Å². The van der Waals surface area contributed by atoms with Gasteiger partial charge in [-0.2, -0.15) is 13.2 Å². The monoisotopic (exact) mass is 292 g/mol. The molecule has 2 aromatic rings. The van der Waals surface area contributed by atoms with Gasteiger partial charge in [0.1, 0.15) is 0 Å². The number of carbonyl (C=O) groups excluding carboxylic acids is 2. The van der Waals surface area contributed by atoms with Crippen molar-refractivity contribution < 1.29 is 22.8 Å². The number of rotatable bonds is 3. The maximum absolute atomic E-state index is 12.3. The van der Waals surface area contributed by atoms with Gasteiger partial charge in [-0.1, -0.05) is 54.1 Å². The Morgan fingerprint density at radius 3 is 1.57 bits per heavy atom. The Bertz CT molecular complexity index is 668. The van der Waals surface area contributed by atoms with Crippen LogP contribution in [0.1, 0.15) is 31.8 Å². The minimum Gasteiger partial charge on any atom is -0.289 e. The molecule has 0 aliphatic carbocycles. The lowest BCUT2D eigenvalue weighted by molar-refractivity contribution is -0.0885. The zero-order valence-electron chi connectivity index (χ0n) is 11.1. The van der Waals surface area contributed by atoms with E-state index in [1.165, 1.54) is 12.1 Å². The minimum absolute atomic E-state index is 0.234. The second-order valence-electron chi connectivity index (χ2n) is 4.60. The van der Waals surface area contributed by atoms with Crippen LogP contribution < -0.4 is 0 Å². The molecule has 5 heteroatoms. The van der Waals surface area contributed by atoms with Crippen LogP contribution in [0.4, 0.5) is 13.2 Å². The Labute approximate surface area is 119 Å². The average Bonchev–Trinajstić information content (AvgIpc) is 2.46. The van der Waals surface area contributed by atoms with E-state index in [4.69, 9.17) is 0 Å². The number of hydrogen-bond donors (Lipinski definition) is 0. The summed E-state index contributed by atoms with van der Waals surface area (Å²) < 4.78 is 36.8. The first-order valence-electron chi connectivity index (χ1n) is 6.12. The molecule has 0 atom stereocenters. The third-order valence-electron chi connectivity index (χ3n) is 2.98. The molecule has 0 heterocycles. The zero-order valence-corrected chi connectivity index (χ0v) is 11.1. The van der Waals surface area contributed by atoms with Gasteiger partial charge in [-0.15, -0.1) is 0 Å². The molecule has 0 N–H and O–H groups in total. The van der Waals surface area contributed by atoms with E-state index in [0.29, 0.717) is 5.56 Å². The van der Waals surface area contributed by atoms with Gasteiger partial charge < -0.3 is 0 Å². The van der Waals surface area contributed by atoms with Crippen LogP contribution in [0.25, 0.3) is 0 Å². The van der Waals surface area contributed by atoms with Crippen LogP contribution in [0.3, 0.4) is 0 Å². The molecule has 0 aromatic heterocycles. The quantitative estimate of drug-likeness (QED) is 0.802. The highest BCUT2D eigenvalue weighted by Gasteiger charge is 2.39. The molecule has 0 saturated heterocycles. The van der Waals surface area contributed by atoms with Crippen molar-refractivity contribution in [1.29, 1.82) is 0 Å². The summed E-state index contributed by atoms with van der Waals surface area (Å²) >= 11 is 0. The molecule has 0 amide bonds. The number of ketones is 2. The summed E-state index contributed by atoms with van der Waals surface area (Å²) in [6.07, 6.45) is -4.91. The summed E-state index contributed by atoms with van der Waals surface area (Å²) in [5.41, 5.74) is 1.19. The van der Waals surface area contributed by atoms with Gasteiger partial charge in [0.2, 0.25) is 0 Å². The third kappa shape index (κ3) is 3.37. The van der Waals surface area contributed by atoms with Crippen molar-refractivity contribution in [2.45, 2.75) is 13.1 Å². The highest BCUT2D eigenvalue weighted by Crippen LogP contribution is 2.22. The van der Waals surface area contributed by atoms with Crippen LogP contribution in [-0.4, -0.2) is 17.7 Å². The van der Waals surface area contributed by atoms with E-state index < -0.39 is 17.5 Å². The zero-order chi connectivity index (χ0) is 15.6. The molecular formula is C16H11F3O2. The van der Waals surface area contributed by atoms with Crippen molar-refractivity contribution in [1.82, 2.24) is 0 Å². The topological polar surface area (TPSA) is 34.1 Å². The highest BCUT2D eigenvalue weighted by molar-refractivity contribution is 6.09. The molecule has 0 bridgehead atoms. The van der Waals surface area contributed by atoms with Gasteiger partial charge in [-0.25, -0.2) is 0 Å². The van der Waals surface area contributed by atoms with Crippen LogP contribution in [0.2, 0.25) is 0 Å². The summed E-state index contributed by atoms with van der Waals surface area (Å²) in [4.78, 5) is 23.2. The average molecular weight is 292 g/mol. The fraction of sp³-hybridized carbons (Fsp3) is 0.125. The second-order valence-corrected chi connectivity index (χ2v) is 4.60. The summed E-state index contributed by atoms with van der Waals surface area (Å²) in [5, 5.41) is 0. The van der Waals surface area contributed by atoms with Crippen LogP contribution in [0, 0.1) is 6.92 Å². The maximum Gasteiger partial charge on any atom is 0.454 e.